The van der Waals surface area contributed by atoms with E-state index in [-0.39, 0.29) is 5.82 Å². The zero-order valence-corrected chi connectivity index (χ0v) is 11.3. The first-order valence-corrected chi connectivity index (χ1v) is 6.74. The second-order valence-electron chi connectivity index (χ2n) is 5.36. The molecule has 0 atom stereocenters. The summed E-state index contributed by atoms with van der Waals surface area (Å²) in [7, 11) is 0. The fraction of sp³-hybridized carbons (Fsp3) is 0.250. The normalized spacial score (nSPS) is 16.4. The third-order valence-electron chi connectivity index (χ3n) is 3.79. The Kier molecular flexibility index (Phi) is 3.08. The minimum atomic E-state index is -0.435. The van der Waals surface area contributed by atoms with Crippen LogP contribution in [0, 0.1) is 5.82 Å². The molecule has 1 aliphatic rings. The van der Waals surface area contributed by atoms with Crippen LogP contribution in [0.25, 0.3) is 0 Å². The summed E-state index contributed by atoms with van der Waals surface area (Å²) in [6.07, 6.45) is 2.01. The topological polar surface area (TPSA) is 26.0 Å². The lowest BCUT2D eigenvalue weighted by molar-refractivity contribution is 0.436. The van der Waals surface area contributed by atoms with Gasteiger partial charge in [-0.05, 0) is 42.5 Å². The van der Waals surface area contributed by atoms with Gasteiger partial charge in [-0.2, -0.15) is 0 Å². The van der Waals surface area contributed by atoms with Crippen molar-refractivity contribution in [3.05, 3.63) is 70.0 Å². The van der Waals surface area contributed by atoms with E-state index < -0.39 is 5.54 Å². The fourth-order valence-corrected chi connectivity index (χ4v) is 3.13. The van der Waals surface area contributed by atoms with Crippen LogP contribution in [0.3, 0.4) is 0 Å². The number of hydrogen-bond acceptors (Lipinski definition) is 1. The van der Waals surface area contributed by atoms with E-state index in [0.29, 0.717) is 17.0 Å². The van der Waals surface area contributed by atoms with Gasteiger partial charge in [0.15, 0.2) is 0 Å². The summed E-state index contributed by atoms with van der Waals surface area (Å²) in [6, 6.07) is 13.0. The van der Waals surface area contributed by atoms with Gasteiger partial charge in [-0.3, -0.25) is 0 Å². The zero-order valence-electron chi connectivity index (χ0n) is 10.5. The molecule has 0 bridgehead atoms. The molecule has 2 N–H and O–H groups in total. The number of rotatable bonds is 2. The second kappa shape index (κ2) is 4.62. The Hall–Kier alpha value is -1.38. The van der Waals surface area contributed by atoms with Gasteiger partial charge >= 0.3 is 0 Å². The molecule has 0 spiro atoms. The highest BCUT2D eigenvalue weighted by atomic mass is 35.5. The molecule has 0 saturated carbocycles. The van der Waals surface area contributed by atoms with Gasteiger partial charge in [0.2, 0.25) is 0 Å². The molecule has 1 nitrogen and oxygen atoms in total. The van der Waals surface area contributed by atoms with E-state index >= 15 is 0 Å². The number of nitrogens with two attached hydrogens (primary N) is 1. The van der Waals surface area contributed by atoms with E-state index in [4.69, 9.17) is 17.3 Å². The van der Waals surface area contributed by atoms with Crippen LogP contribution in [-0.4, -0.2) is 5.54 Å². The van der Waals surface area contributed by atoms with Crippen LogP contribution in [0.2, 0.25) is 5.02 Å². The maximum atomic E-state index is 13.9. The van der Waals surface area contributed by atoms with E-state index in [0.717, 1.165) is 12.8 Å². The molecule has 3 rings (SSSR count). The zero-order chi connectivity index (χ0) is 13.5. The van der Waals surface area contributed by atoms with E-state index in [9.17, 15) is 4.39 Å². The molecule has 1 aliphatic carbocycles. The van der Waals surface area contributed by atoms with Gasteiger partial charge in [0, 0.05) is 16.1 Å². The molecule has 2 aromatic rings. The number of halogens is 2. The van der Waals surface area contributed by atoms with Crippen molar-refractivity contribution in [1.29, 1.82) is 0 Å². The Morgan fingerprint density at radius 2 is 1.68 bits per heavy atom. The summed E-state index contributed by atoms with van der Waals surface area (Å²) in [5, 5.41) is 0.459. The van der Waals surface area contributed by atoms with Gasteiger partial charge in [-0.15, -0.1) is 0 Å². The Balaban J connectivity index is 1.89. The Morgan fingerprint density at radius 3 is 2.26 bits per heavy atom. The summed E-state index contributed by atoms with van der Waals surface area (Å²) in [5.41, 5.74) is 9.07. The van der Waals surface area contributed by atoms with Gasteiger partial charge in [0.1, 0.15) is 5.82 Å². The molecule has 0 saturated heterocycles. The molecule has 0 heterocycles. The van der Waals surface area contributed by atoms with Crippen molar-refractivity contribution >= 4 is 11.6 Å². The molecule has 0 amide bonds. The standard InChI is InChI=1S/C16H15ClFN/c17-14-6-3-7-15(18)13(14)10-16(19)8-11-4-1-2-5-12(11)9-16/h1-7H,8-10,19H2. The lowest BCUT2D eigenvalue weighted by Gasteiger charge is -2.24. The Morgan fingerprint density at radius 1 is 1.05 bits per heavy atom. The third kappa shape index (κ3) is 2.38. The maximum Gasteiger partial charge on any atom is 0.127 e. The van der Waals surface area contributed by atoms with Crippen LogP contribution in [0.1, 0.15) is 16.7 Å². The van der Waals surface area contributed by atoms with Crippen LogP contribution in [0.15, 0.2) is 42.5 Å². The highest BCUT2D eigenvalue weighted by Gasteiger charge is 2.34. The van der Waals surface area contributed by atoms with E-state index in [2.05, 4.69) is 12.1 Å². The van der Waals surface area contributed by atoms with Crippen LogP contribution >= 0.6 is 11.6 Å². The largest absolute Gasteiger partial charge is 0.324 e. The molecule has 3 heteroatoms. The first kappa shape index (κ1) is 12.6. The SMILES string of the molecule is NC1(Cc2c(F)cccc2Cl)Cc2ccccc2C1. The van der Waals surface area contributed by atoms with Crippen LogP contribution < -0.4 is 5.73 Å². The van der Waals surface area contributed by atoms with Crippen molar-refractivity contribution in [3.8, 4) is 0 Å². The molecule has 0 radical (unpaired) electrons. The van der Waals surface area contributed by atoms with Crippen molar-refractivity contribution in [2.45, 2.75) is 24.8 Å². The van der Waals surface area contributed by atoms with E-state index in [1.807, 2.05) is 12.1 Å². The van der Waals surface area contributed by atoms with Crippen molar-refractivity contribution in [3.63, 3.8) is 0 Å². The molecule has 0 aliphatic heterocycles. The highest BCUT2D eigenvalue weighted by molar-refractivity contribution is 6.31. The number of hydrogen-bond donors (Lipinski definition) is 1. The smallest absolute Gasteiger partial charge is 0.127 e. The van der Waals surface area contributed by atoms with Crippen LogP contribution in [-0.2, 0) is 19.3 Å². The first-order chi connectivity index (χ1) is 9.07. The van der Waals surface area contributed by atoms with E-state index in [1.165, 1.54) is 17.2 Å². The van der Waals surface area contributed by atoms with Crippen molar-refractivity contribution in [2.75, 3.05) is 0 Å². The second-order valence-corrected chi connectivity index (χ2v) is 5.77. The average molecular weight is 276 g/mol. The van der Waals surface area contributed by atoms with Gasteiger partial charge < -0.3 is 5.73 Å². The summed E-state index contributed by atoms with van der Waals surface area (Å²) in [4.78, 5) is 0. The number of fused-ring (bicyclic) bond motifs is 1. The maximum absolute atomic E-state index is 13.9. The van der Waals surface area contributed by atoms with Crippen LogP contribution in [0.4, 0.5) is 4.39 Å². The fourth-order valence-electron chi connectivity index (χ4n) is 2.90. The summed E-state index contributed by atoms with van der Waals surface area (Å²) in [5.74, 6) is -0.270. The minimum Gasteiger partial charge on any atom is -0.324 e. The molecular weight excluding hydrogens is 261 g/mol. The molecule has 0 aromatic heterocycles. The quantitative estimate of drug-likeness (QED) is 0.892. The number of benzene rings is 2. The summed E-state index contributed by atoms with van der Waals surface area (Å²) >= 11 is 6.09. The minimum absolute atomic E-state index is 0.270. The predicted molar refractivity (Wildman–Crippen MR) is 75.9 cm³/mol. The monoisotopic (exact) mass is 275 g/mol. The van der Waals surface area contributed by atoms with Crippen molar-refractivity contribution in [2.24, 2.45) is 5.73 Å². The molecule has 0 fully saturated rings. The van der Waals surface area contributed by atoms with Gasteiger partial charge in [0.05, 0.1) is 0 Å². The van der Waals surface area contributed by atoms with Gasteiger partial charge in [0.25, 0.3) is 0 Å². The third-order valence-corrected chi connectivity index (χ3v) is 4.15. The lowest BCUT2D eigenvalue weighted by Crippen LogP contribution is -2.43. The predicted octanol–water partition coefficient (Wildman–Crippen LogP) is 3.52. The first-order valence-electron chi connectivity index (χ1n) is 6.36. The molecule has 19 heavy (non-hydrogen) atoms. The van der Waals surface area contributed by atoms with Gasteiger partial charge in [-0.1, -0.05) is 41.9 Å². The lowest BCUT2D eigenvalue weighted by atomic mass is 9.88. The molecular formula is C16H15ClFN. The van der Waals surface area contributed by atoms with Crippen LogP contribution in [0.5, 0.6) is 0 Å². The molecule has 98 valence electrons. The highest BCUT2D eigenvalue weighted by Crippen LogP contribution is 2.33. The molecule has 2 aromatic carbocycles. The van der Waals surface area contributed by atoms with E-state index in [1.54, 1.807) is 12.1 Å². The average Bonchev–Trinajstić information content (AvgIpc) is 2.70. The Labute approximate surface area is 117 Å². The summed E-state index contributed by atoms with van der Waals surface area (Å²) in [6.45, 7) is 0. The van der Waals surface area contributed by atoms with Crippen molar-refractivity contribution in [1.82, 2.24) is 0 Å². The Bertz CT molecular complexity index is 579. The van der Waals surface area contributed by atoms with Crippen molar-refractivity contribution < 1.29 is 4.39 Å². The summed E-state index contributed by atoms with van der Waals surface area (Å²) < 4.78 is 13.9. The van der Waals surface area contributed by atoms with Gasteiger partial charge in [-0.25, -0.2) is 4.39 Å². The molecule has 0 unspecified atom stereocenters.